The van der Waals surface area contributed by atoms with Crippen LogP contribution in [0.1, 0.15) is 31.9 Å². The van der Waals surface area contributed by atoms with Crippen LogP contribution in [-0.4, -0.2) is 77.7 Å². The Kier molecular flexibility index (Phi) is 10.1. The van der Waals surface area contributed by atoms with E-state index in [1.54, 1.807) is 68.4 Å². The van der Waals surface area contributed by atoms with Gasteiger partial charge in [-0.25, -0.2) is 4.79 Å². The van der Waals surface area contributed by atoms with Crippen LogP contribution in [-0.2, 0) is 39.9 Å². The molecule has 2 atom stereocenters. The summed E-state index contributed by atoms with van der Waals surface area (Å²) in [5.41, 5.74) is 1.67. The van der Waals surface area contributed by atoms with Crippen molar-refractivity contribution in [3.63, 3.8) is 0 Å². The first-order valence-electron chi connectivity index (χ1n) is 12.6. The van der Waals surface area contributed by atoms with E-state index in [4.69, 9.17) is 9.47 Å². The molecule has 0 radical (unpaired) electrons. The van der Waals surface area contributed by atoms with Crippen molar-refractivity contribution in [1.29, 1.82) is 0 Å². The fourth-order valence-corrected chi connectivity index (χ4v) is 4.19. The normalized spacial score (nSPS) is 16.0. The largest absolute Gasteiger partial charge is 0.457 e. The lowest BCUT2D eigenvalue weighted by Gasteiger charge is -2.38. The van der Waals surface area contributed by atoms with E-state index in [1.165, 1.54) is 30.0 Å². The maximum atomic E-state index is 13.6. The van der Waals surface area contributed by atoms with Crippen LogP contribution in [0.4, 0.5) is 0 Å². The van der Waals surface area contributed by atoms with Crippen molar-refractivity contribution in [3.8, 4) is 0 Å². The lowest BCUT2D eigenvalue weighted by Crippen LogP contribution is -2.56. The number of ketones is 1. The number of nitrogens with zero attached hydrogens (tertiary/aromatic N) is 2. The second-order valence-electron chi connectivity index (χ2n) is 9.33. The third kappa shape index (κ3) is 7.61. The molecule has 2 aromatic carbocycles. The number of hydrogen-bond acceptors (Lipinski definition) is 7. The van der Waals surface area contributed by atoms with Crippen LogP contribution < -0.4 is 5.32 Å². The summed E-state index contributed by atoms with van der Waals surface area (Å²) in [6.45, 7) is 4.05. The van der Waals surface area contributed by atoms with E-state index >= 15 is 0 Å². The van der Waals surface area contributed by atoms with E-state index in [-0.39, 0.29) is 18.9 Å². The SMILES string of the molecule is COCC1C(=O)N(CC(=O)N[C@@H](Cc2ccccc2)C(=O)C(=O)OC(C)C)C(c2ccccc2)=CN1C(C)=O. The van der Waals surface area contributed by atoms with Gasteiger partial charge in [0.05, 0.1) is 18.4 Å². The number of ether oxygens (including phenoxy) is 2. The zero-order valence-corrected chi connectivity index (χ0v) is 22.5. The molecule has 1 unspecified atom stereocenters. The van der Waals surface area contributed by atoms with E-state index in [0.29, 0.717) is 11.3 Å². The van der Waals surface area contributed by atoms with Gasteiger partial charge >= 0.3 is 5.97 Å². The Bertz CT molecular complexity index is 1230. The number of amides is 3. The Balaban J connectivity index is 1.91. The molecule has 0 aromatic heterocycles. The predicted molar refractivity (Wildman–Crippen MR) is 143 cm³/mol. The quantitative estimate of drug-likeness (QED) is 0.345. The molecular weight excluding hydrogens is 502 g/mol. The van der Waals surface area contributed by atoms with Crippen molar-refractivity contribution >= 4 is 35.2 Å². The third-order valence-electron chi connectivity index (χ3n) is 5.98. The third-order valence-corrected chi connectivity index (χ3v) is 5.98. The minimum atomic E-state index is -1.21. The fourth-order valence-electron chi connectivity index (χ4n) is 4.19. The average molecular weight is 536 g/mol. The van der Waals surface area contributed by atoms with Gasteiger partial charge in [-0.05, 0) is 25.0 Å². The van der Waals surface area contributed by atoms with Gasteiger partial charge in [0.15, 0.2) is 0 Å². The first kappa shape index (κ1) is 29.2. The summed E-state index contributed by atoms with van der Waals surface area (Å²) in [5, 5.41) is 2.62. The second-order valence-corrected chi connectivity index (χ2v) is 9.33. The van der Waals surface area contributed by atoms with Gasteiger partial charge in [0.2, 0.25) is 11.8 Å². The number of benzene rings is 2. The molecule has 10 heteroatoms. The number of nitrogens with one attached hydrogen (secondary N) is 1. The molecule has 0 aliphatic carbocycles. The Morgan fingerprint density at radius 3 is 2.15 bits per heavy atom. The van der Waals surface area contributed by atoms with Crippen molar-refractivity contribution in [2.24, 2.45) is 0 Å². The smallest absolute Gasteiger partial charge is 0.377 e. The Hall–Kier alpha value is -4.31. The van der Waals surface area contributed by atoms with Gasteiger partial charge in [0, 0.05) is 26.7 Å². The number of methoxy groups -OCH3 is 1. The monoisotopic (exact) mass is 535 g/mol. The standard InChI is InChI=1S/C29H33N3O7/c1-19(2)39-29(37)27(35)23(15-21-11-7-5-8-12-21)30-26(34)17-32-24(22-13-9-6-10-14-22)16-31(20(3)33)25(18-38-4)28(32)36/h5-14,16,19,23,25H,15,17-18H2,1-4H3,(H,30,34)/t23-,25?/m0/s1. The van der Waals surface area contributed by atoms with Crippen molar-refractivity contribution in [2.75, 3.05) is 20.3 Å². The zero-order chi connectivity index (χ0) is 28.5. The van der Waals surface area contributed by atoms with Crippen molar-refractivity contribution in [3.05, 3.63) is 78.0 Å². The van der Waals surface area contributed by atoms with Gasteiger partial charge in [0.1, 0.15) is 18.6 Å². The Morgan fingerprint density at radius 2 is 1.59 bits per heavy atom. The van der Waals surface area contributed by atoms with E-state index in [0.717, 1.165) is 5.56 Å². The molecule has 1 heterocycles. The summed E-state index contributed by atoms with van der Waals surface area (Å²) in [4.78, 5) is 67.2. The van der Waals surface area contributed by atoms with Crippen LogP contribution in [0.3, 0.4) is 0 Å². The highest BCUT2D eigenvalue weighted by atomic mass is 16.5. The summed E-state index contributed by atoms with van der Waals surface area (Å²) in [7, 11) is 1.41. The number of carbonyl (C=O) groups is 5. The molecule has 1 aliphatic rings. The summed E-state index contributed by atoms with van der Waals surface area (Å²) in [6, 6.07) is 15.6. The molecule has 0 spiro atoms. The van der Waals surface area contributed by atoms with E-state index in [9.17, 15) is 24.0 Å². The van der Waals surface area contributed by atoms with E-state index in [2.05, 4.69) is 5.32 Å². The number of Topliss-reactive ketones (excluding diaryl/α,β-unsaturated/α-hetero) is 1. The zero-order valence-electron chi connectivity index (χ0n) is 22.5. The van der Waals surface area contributed by atoms with Crippen molar-refractivity contribution in [2.45, 2.75) is 45.4 Å². The predicted octanol–water partition coefficient (Wildman–Crippen LogP) is 1.94. The molecular formula is C29H33N3O7. The Labute approximate surface area is 227 Å². The van der Waals surface area contributed by atoms with Gasteiger partial charge in [0.25, 0.3) is 11.7 Å². The first-order chi connectivity index (χ1) is 18.6. The number of esters is 1. The number of hydrogen-bond donors (Lipinski definition) is 1. The van der Waals surface area contributed by atoms with Crippen LogP contribution in [0.15, 0.2) is 66.9 Å². The molecule has 1 N–H and O–H groups in total. The molecule has 0 saturated carbocycles. The van der Waals surface area contributed by atoms with E-state index in [1.807, 2.05) is 6.07 Å². The van der Waals surface area contributed by atoms with E-state index < -0.39 is 48.3 Å². The molecule has 1 aliphatic heterocycles. The highest BCUT2D eigenvalue weighted by Gasteiger charge is 2.39. The van der Waals surface area contributed by atoms with Crippen molar-refractivity contribution < 1.29 is 33.4 Å². The maximum absolute atomic E-state index is 13.6. The van der Waals surface area contributed by atoms with Crippen LogP contribution in [0.5, 0.6) is 0 Å². The summed E-state index contributed by atoms with van der Waals surface area (Å²) < 4.78 is 10.2. The number of carbonyl (C=O) groups excluding carboxylic acids is 5. The molecule has 0 saturated heterocycles. The number of rotatable bonds is 11. The summed E-state index contributed by atoms with van der Waals surface area (Å²) in [5.74, 6) is -3.50. The van der Waals surface area contributed by atoms with Gasteiger partial charge in [-0.2, -0.15) is 0 Å². The van der Waals surface area contributed by atoms with Crippen LogP contribution in [0.2, 0.25) is 0 Å². The maximum Gasteiger partial charge on any atom is 0.377 e. The Morgan fingerprint density at radius 1 is 0.974 bits per heavy atom. The summed E-state index contributed by atoms with van der Waals surface area (Å²) in [6.07, 6.45) is 1.06. The van der Waals surface area contributed by atoms with Gasteiger partial charge < -0.3 is 19.7 Å². The molecule has 2 aromatic rings. The van der Waals surface area contributed by atoms with Crippen LogP contribution in [0.25, 0.3) is 5.70 Å². The molecule has 10 nitrogen and oxygen atoms in total. The molecule has 206 valence electrons. The minimum absolute atomic E-state index is 0.0539. The lowest BCUT2D eigenvalue weighted by molar-refractivity contribution is -0.157. The highest BCUT2D eigenvalue weighted by Crippen LogP contribution is 2.27. The van der Waals surface area contributed by atoms with Gasteiger partial charge in [-0.1, -0.05) is 60.7 Å². The fraction of sp³-hybridized carbons (Fsp3) is 0.345. The molecule has 0 fully saturated rings. The van der Waals surface area contributed by atoms with Crippen molar-refractivity contribution in [1.82, 2.24) is 15.1 Å². The lowest BCUT2D eigenvalue weighted by atomic mass is 10.0. The molecule has 3 amide bonds. The summed E-state index contributed by atoms with van der Waals surface area (Å²) >= 11 is 0. The average Bonchev–Trinajstić information content (AvgIpc) is 2.90. The molecule has 0 bridgehead atoms. The molecule has 39 heavy (non-hydrogen) atoms. The highest BCUT2D eigenvalue weighted by molar-refractivity contribution is 6.36. The van der Waals surface area contributed by atoms with Gasteiger partial charge in [-0.3, -0.25) is 24.1 Å². The topological polar surface area (TPSA) is 122 Å². The van der Waals surface area contributed by atoms with Crippen LogP contribution >= 0.6 is 0 Å². The minimum Gasteiger partial charge on any atom is -0.457 e. The van der Waals surface area contributed by atoms with Crippen LogP contribution in [0, 0.1) is 0 Å². The first-order valence-corrected chi connectivity index (χ1v) is 12.6. The van der Waals surface area contributed by atoms with Gasteiger partial charge in [-0.15, -0.1) is 0 Å². The molecule has 3 rings (SSSR count). The second kappa shape index (κ2) is 13.5.